The molecule has 0 radical (unpaired) electrons. The van der Waals surface area contributed by atoms with Crippen molar-refractivity contribution in [2.75, 3.05) is 18.7 Å². The lowest BCUT2D eigenvalue weighted by Gasteiger charge is -2.28. The second-order valence-corrected chi connectivity index (χ2v) is 6.13. The van der Waals surface area contributed by atoms with E-state index in [1.165, 1.54) is 4.90 Å². The molecule has 0 spiro atoms. The van der Waals surface area contributed by atoms with Crippen LogP contribution in [0.4, 0.5) is 5.82 Å². The van der Waals surface area contributed by atoms with Gasteiger partial charge in [0, 0.05) is 17.7 Å². The van der Waals surface area contributed by atoms with Crippen molar-refractivity contribution in [3.05, 3.63) is 35.6 Å². The summed E-state index contributed by atoms with van der Waals surface area (Å²) in [6, 6.07) is 6.51. The summed E-state index contributed by atoms with van der Waals surface area (Å²) >= 11 is 0. The largest absolute Gasteiger partial charge is 0.454 e. The average molecular weight is 359 g/mol. The predicted octanol–water partition coefficient (Wildman–Crippen LogP) is 2.59. The Morgan fingerprint density at radius 2 is 2.04 bits per heavy atom. The highest BCUT2D eigenvalue weighted by Gasteiger charge is 2.25. The van der Waals surface area contributed by atoms with Crippen molar-refractivity contribution in [2.24, 2.45) is 0 Å². The van der Waals surface area contributed by atoms with Gasteiger partial charge in [-0.3, -0.25) is 9.59 Å². The minimum Gasteiger partial charge on any atom is -0.454 e. The Bertz CT molecular complexity index is 817. The van der Waals surface area contributed by atoms with Gasteiger partial charge in [-0.25, -0.2) is 0 Å². The van der Waals surface area contributed by atoms with Crippen LogP contribution in [-0.2, 0) is 4.79 Å². The van der Waals surface area contributed by atoms with Crippen molar-refractivity contribution in [1.82, 2.24) is 10.1 Å². The van der Waals surface area contributed by atoms with Gasteiger partial charge >= 0.3 is 0 Å². The highest BCUT2D eigenvalue weighted by atomic mass is 16.7. The summed E-state index contributed by atoms with van der Waals surface area (Å²) in [7, 11) is 0. The van der Waals surface area contributed by atoms with Gasteiger partial charge in [-0.05, 0) is 38.5 Å². The number of aryl methyl sites for hydroxylation is 1. The second-order valence-electron chi connectivity index (χ2n) is 6.13. The van der Waals surface area contributed by atoms with Gasteiger partial charge in [0.2, 0.25) is 12.7 Å². The minimum atomic E-state index is -0.340. The van der Waals surface area contributed by atoms with Gasteiger partial charge in [0.1, 0.15) is 12.3 Å². The normalized spacial score (nSPS) is 13.3. The van der Waals surface area contributed by atoms with Crippen molar-refractivity contribution in [2.45, 2.75) is 33.2 Å². The highest BCUT2D eigenvalue weighted by Crippen LogP contribution is 2.33. The topological polar surface area (TPSA) is 93.9 Å². The minimum absolute atomic E-state index is 0.0891. The molecule has 1 atom stereocenters. The number of rotatable bonds is 6. The van der Waals surface area contributed by atoms with Crippen LogP contribution < -0.4 is 14.8 Å². The number of carbonyl (C=O) groups excluding carboxylic acids is 2. The highest BCUT2D eigenvalue weighted by molar-refractivity contribution is 5.99. The van der Waals surface area contributed by atoms with Crippen molar-refractivity contribution < 1.29 is 23.6 Å². The van der Waals surface area contributed by atoms with E-state index >= 15 is 0 Å². The van der Waals surface area contributed by atoms with E-state index in [0.717, 1.165) is 0 Å². The summed E-state index contributed by atoms with van der Waals surface area (Å²) in [5.74, 6) is 1.47. The number of ether oxygens (including phenoxy) is 2. The first kappa shape index (κ1) is 17.8. The maximum absolute atomic E-state index is 13.0. The molecule has 1 aliphatic heterocycles. The third-order valence-corrected chi connectivity index (χ3v) is 4.21. The molecular weight excluding hydrogens is 338 g/mol. The molecule has 3 rings (SSSR count). The number of fused-ring (bicyclic) bond motifs is 1. The molecule has 2 heterocycles. The second kappa shape index (κ2) is 7.47. The standard InChI is InChI=1S/C18H21N3O5/c1-4-11(2)21(9-17(22)19-16-7-12(3)26-20-16)18(23)13-5-6-14-15(8-13)25-10-24-14/h5-8,11H,4,9-10H2,1-3H3,(H,19,20,22). The van der Waals surface area contributed by atoms with E-state index in [2.05, 4.69) is 10.5 Å². The first-order valence-electron chi connectivity index (χ1n) is 8.41. The van der Waals surface area contributed by atoms with Crippen LogP contribution in [0.15, 0.2) is 28.8 Å². The number of hydrogen-bond acceptors (Lipinski definition) is 6. The van der Waals surface area contributed by atoms with Gasteiger partial charge < -0.3 is 24.2 Å². The molecule has 8 nitrogen and oxygen atoms in total. The molecule has 0 bridgehead atoms. The summed E-state index contributed by atoms with van der Waals surface area (Å²) in [5.41, 5.74) is 0.444. The fourth-order valence-corrected chi connectivity index (χ4v) is 2.61. The number of hydrogen-bond donors (Lipinski definition) is 1. The Balaban J connectivity index is 1.74. The molecule has 1 N–H and O–H groups in total. The van der Waals surface area contributed by atoms with Gasteiger partial charge in [0.15, 0.2) is 17.3 Å². The first-order valence-corrected chi connectivity index (χ1v) is 8.41. The van der Waals surface area contributed by atoms with Crippen molar-refractivity contribution in [3.63, 3.8) is 0 Å². The predicted molar refractivity (Wildman–Crippen MR) is 93.2 cm³/mol. The number of nitrogens with one attached hydrogen (secondary N) is 1. The van der Waals surface area contributed by atoms with Gasteiger partial charge in [-0.2, -0.15) is 0 Å². The summed E-state index contributed by atoms with van der Waals surface area (Å²) in [6.45, 7) is 5.65. The third kappa shape index (κ3) is 3.79. The average Bonchev–Trinajstić information content (AvgIpc) is 3.26. The Labute approximate surface area is 151 Å². The molecule has 0 aliphatic carbocycles. The van der Waals surface area contributed by atoms with E-state index in [1.807, 2.05) is 13.8 Å². The zero-order chi connectivity index (χ0) is 18.7. The molecule has 0 saturated heterocycles. The maximum Gasteiger partial charge on any atom is 0.254 e. The van der Waals surface area contributed by atoms with Gasteiger partial charge in [-0.1, -0.05) is 12.1 Å². The van der Waals surface area contributed by atoms with E-state index in [-0.39, 0.29) is 31.2 Å². The smallest absolute Gasteiger partial charge is 0.254 e. The molecule has 0 saturated carbocycles. The summed E-state index contributed by atoms with van der Waals surface area (Å²) in [5, 5.41) is 6.37. The summed E-state index contributed by atoms with van der Waals surface area (Å²) in [4.78, 5) is 26.8. The molecule has 1 aromatic heterocycles. The SMILES string of the molecule is CCC(C)N(CC(=O)Nc1cc(C)on1)C(=O)c1ccc2c(c1)OCO2. The van der Waals surface area contributed by atoms with E-state index in [4.69, 9.17) is 14.0 Å². The Morgan fingerprint density at radius 1 is 1.27 bits per heavy atom. The van der Waals surface area contributed by atoms with Crippen LogP contribution >= 0.6 is 0 Å². The van der Waals surface area contributed by atoms with Crippen LogP contribution in [0, 0.1) is 6.92 Å². The number of benzene rings is 1. The zero-order valence-electron chi connectivity index (χ0n) is 14.9. The fourth-order valence-electron chi connectivity index (χ4n) is 2.61. The molecule has 1 unspecified atom stereocenters. The maximum atomic E-state index is 13.0. The van der Waals surface area contributed by atoms with Crippen LogP contribution in [-0.4, -0.2) is 41.3 Å². The number of nitrogens with zero attached hydrogens (tertiary/aromatic N) is 2. The van der Waals surface area contributed by atoms with Crippen LogP contribution in [0.2, 0.25) is 0 Å². The zero-order valence-corrected chi connectivity index (χ0v) is 14.9. The van der Waals surface area contributed by atoms with Crippen molar-refractivity contribution in [3.8, 4) is 11.5 Å². The van der Waals surface area contributed by atoms with E-state index in [1.54, 1.807) is 31.2 Å². The quantitative estimate of drug-likeness (QED) is 0.852. The van der Waals surface area contributed by atoms with Gasteiger partial charge in [0.05, 0.1) is 0 Å². The summed E-state index contributed by atoms with van der Waals surface area (Å²) < 4.78 is 15.5. The number of anilines is 1. The Morgan fingerprint density at radius 3 is 2.73 bits per heavy atom. The molecule has 138 valence electrons. The molecule has 0 fully saturated rings. The van der Waals surface area contributed by atoms with Crippen LogP contribution in [0.25, 0.3) is 0 Å². The van der Waals surface area contributed by atoms with Crippen LogP contribution in [0.1, 0.15) is 36.4 Å². The van der Waals surface area contributed by atoms with Crippen molar-refractivity contribution in [1.29, 1.82) is 0 Å². The van der Waals surface area contributed by atoms with Gasteiger partial charge in [-0.15, -0.1) is 0 Å². The fraction of sp³-hybridized carbons (Fsp3) is 0.389. The molecule has 2 aromatic rings. The lowest BCUT2D eigenvalue weighted by atomic mass is 10.1. The lowest BCUT2D eigenvalue weighted by molar-refractivity contribution is -0.117. The summed E-state index contributed by atoms with van der Waals surface area (Å²) in [6.07, 6.45) is 0.715. The Kier molecular flexibility index (Phi) is 5.11. The van der Waals surface area contributed by atoms with Gasteiger partial charge in [0.25, 0.3) is 5.91 Å². The van der Waals surface area contributed by atoms with Crippen LogP contribution in [0.3, 0.4) is 0 Å². The number of carbonyl (C=O) groups is 2. The third-order valence-electron chi connectivity index (χ3n) is 4.21. The van der Waals surface area contributed by atoms with E-state index < -0.39 is 0 Å². The molecule has 1 aromatic carbocycles. The monoisotopic (exact) mass is 359 g/mol. The molecule has 8 heteroatoms. The number of aromatic nitrogens is 1. The molecule has 2 amide bonds. The molecular formula is C18H21N3O5. The van der Waals surface area contributed by atoms with Crippen LogP contribution in [0.5, 0.6) is 11.5 Å². The van der Waals surface area contributed by atoms with E-state index in [0.29, 0.717) is 35.1 Å². The first-order chi connectivity index (χ1) is 12.5. The lowest BCUT2D eigenvalue weighted by Crippen LogP contribution is -2.43. The Hall–Kier alpha value is -3.03. The van der Waals surface area contributed by atoms with Crippen molar-refractivity contribution >= 4 is 17.6 Å². The molecule has 1 aliphatic rings. The van der Waals surface area contributed by atoms with E-state index in [9.17, 15) is 9.59 Å². The number of amides is 2. The molecule has 26 heavy (non-hydrogen) atoms.